The Morgan fingerprint density at radius 2 is 1.43 bits per heavy atom. The van der Waals surface area contributed by atoms with Gasteiger partial charge in [0.05, 0.1) is 28.4 Å². The predicted octanol–water partition coefficient (Wildman–Crippen LogP) is 1.24. The average molecular weight is 321 g/mol. The molecule has 0 unspecified atom stereocenters. The number of pyridine rings is 1. The van der Waals surface area contributed by atoms with Gasteiger partial charge in [-0.3, -0.25) is 9.78 Å². The SMILES string of the molecule is COc1cc(-c2c(N)c(OC)[nH]c(=O)c2N)cc(OC)c1OC. The number of methoxy groups -OCH3 is 4. The van der Waals surface area contributed by atoms with Crippen LogP contribution in [0.4, 0.5) is 11.4 Å². The van der Waals surface area contributed by atoms with E-state index in [0.29, 0.717) is 28.4 Å². The Kier molecular flexibility index (Phi) is 4.54. The lowest BCUT2D eigenvalue weighted by Gasteiger charge is -2.17. The number of hydrogen-bond acceptors (Lipinski definition) is 7. The first kappa shape index (κ1) is 16.3. The molecule has 23 heavy (non-hydrogen) atoms. The third-order valence-corrected chi connectivity index (χ3v) is 3.41. The van der Waals surface area contributed by atoms with Gasteiger partial charge in [0, 0.05) is 5.56 Å². The van der Waals surface area contributed by atoms with Crippen LogP contribution in [-0.2, 0) is 0 Å². The summed E-state index contributed by atoms with van der Waals surface area (Å²) in [6.45, 7) is 0. The predicted molar refractivity (Wildman–Crippen MR) is 87.5 cm³/mol. The maximum atomic E-state index is 12.0. The van der Waals surface area contributed by atoms with E-state index in [1.165, 1.54) is 28.4 Å². The number of nitrogen functional groups attached to an aromatic ring is 2. The van der Waals surface area contributed by atoms with E-state index in [1.807, 2.05) is 0 Å². The van der Waals surface area contributed by atoms with Crippen LogP contribution in [0.15, 0.2) is 16.9 Å². The summed E-state index contributed by atoms with van der Waals surface area (Å²) in [4.78, 5) is 14.4. The van der Waals surface area contributed by atoms with Gasteiger partial charge < -0.3 is 30.4 Å². The molecule has 1 aromatic heterocycles. The number of hydrogen-bond donors (Lipinski definition) is 3. The Morgan fingerprint density at radius 3 is 1.87 bits per heavy atom. The maximum absolute atomic E-state index is 12.0. The highest BCUT2D eigenvalue weighted by atomic mass is 16.5. The number of ether oxygens (including phenoxy) is 4. The molecule has 0 spiro atoms. The number of rotatable bonds is 5. The van der Waals surface area contributed by atoms with Crippen molar-refractivity contribution in [1.82, 2.24) is 4.98 Å². The smallest absolute Gasteiger partial charge is 0.274 e. The van der Waals surface area contributed by atoms with Crippen LogP contribution in [0.5, 0.6) is 23.1 Å². The van der Waals surface area contributed by atoms with Crippen molar-refractivity contribution in [3.63, 3.8) is 0 Å². The van der Waals surface area contributed by atoms with Gasteiger partial charge in [-0.2, -0.15) is 0 Å². The fourth-order valence-electron chi connectivity index (χ4n) is 2.31. The Balaban J connectivity index is 2.82. The zero-order valence-electron chi connectivity index (χ0n) is 13.4. The highest BCUT2D eigenvalue weighted by molar-refractivity contribution is 5.89. The summed E-state index contributed by atoms with van der Waals surface area (Å²) in [6, 6.07) is 3.31. The van der Waals surface area contributed by atoms with Crippen LogP contribution in [0.1, 0.15) is 0 Å². The molecule has 8 nitrogen and oxygen atoms in total. The molecule has 5 N–H and O–H groups in total. The van der Waals surface area contributed by atoms with E-state index in [9.17, 15) is 4.79 Å². The van der Waals surface area contributed by atoms with Crippen molar-refractivity contribution in [1.29, 1.82) is 0 Å². The summed E-state index contributed by atoms with van der Waals surface area (Å²) in [5.41, 5.74) is 12.5. The number of nitrogens with two attached hydrogens (primary N) is 2. The highest BCUT2D eigenvalue weighted by Crippen LogP contribution is 2.44. The molecular formula is C15H19N3O5. The van der Waals surface area contributed by atoms with Crippen molar-refractivity contribution in [3.05, 3.63) is 22.5 Å². The second-order valence-corrected chi connectivity index (χ2v) is 4.60. The minimum absolute atomic E-state index is 0.0300. The van der Waals surface area contributed by atoms with Gasteiger partial charge in [-0.05, 0) is 17.7 Å². The molecule has 2 aromatic rings. The molecule has 8 heteroatoms. The van der Waals surface area contributed by atoms with E-state index in [1.54, 1.807) is 12.1 Å². The molecule has 0 atom stereocenters. The molecule has 0 aliphatic rings. The largest absolute Gasteiger partial charge is 0.493 e. The topological polar surface area (TPSA) is 122 Å². The third-order valence-electron chi connectivity index (χ3n) is 3.41. The number of H-pyrrole nitrogens is 1. The van der Waals surface area contributed by atoms with Crippen molar-refractivity contribution >= 4 is 11.4 Å². The van der Waals surface area contributed by atoms with Crippen LogP contribution in [-0.4, -0.2) is 33.4 Å². The average Bonchev–Trinajstić information content (AvgIpc) is 2.57. The Morgan fingerprint density at radius 1 is 0.870 bits per heavy atom. The molecule has 0 aliphatic heterocycles. The van der Waals surface area contributed by atoms with Crippen molar-refractivity contribution in [2.45, 2.75) is 0 Å². The zero-order chi connectivity index (χ0) is 17.1. The fourth-order valence-corrected chi connectivity index (χ4v) is 2.31. The lowest BCUT2D eigenvalue weighted by molar-refractivity contribution is 0.324. The van der Waals surface area contributed by atoms with Gasteiger partial charge in [-0.15, -0.1) is 0 Å². The molecule has 0 aliphatic carbocycles. The monoisotopic (exact) mass is 321 g/mol. The van der Waals surface area contributed by atoms with Crippen molar-refractivity contribution < 1.29 is 18.9 Å². The van der Waals surface area contributed by atoms with Crippen molar-refractivity contribution in [2.75, 3.05) is 39.9 Å². The van der Waals surface area contributed by atoms with E-state index < -0.39 is 5.56 Å². The summed E-state index contributed by atoms with van der Waals surface area (Å²) in [5, 5.41) is 0. The lowest BCUT2D eigenvalue weighted by atomic mass is 10.0. The first-order valence-electron chi connectivity index (χ1n) is 6.64. The fraction of sp³-hybridized carbons (Fsp3) is 0.267. The Bertz CT molecular complexity index is 760. The van der Waals surface area contributed by atoms with Gasteiger partial charge in [0.25, 0.3) is 5.56 Å². The molecule has 0 saturated heterocycles. The number of benzene rings is 1. The Hall–Kier alpha value is -3.03. The quantitative estimate of drug-likeness (QED) is 0.757. The third kappa shape index (κ3) is 2.70. The number of nitrogens with one attached hydrogen (secondary N) is 1. The second-order valence-electron chi connectivity index (χ2n) is 4.60. The second kappa shape index (κ2) is 6.39. The van der Waals surface area contributed by atoms with E-state index in [0.717, 1.165) is 0 Å². The van der Waals surface area contributed by atoms with Crippen LogP contribution in [0.2, 0.25) is 0 Å². The van der Waals surface area contributed by atoms with Crippen LogP contribution >= 0.6 is 0 Å². The van der Waals surface area contributed by atoms with Gasteiger partial charge in [0.15, 0.2) is 11.5 Å². The molecule has 2 rings (SSSR count). The van der Waals surface area contributed by atoms with Crippen LogP contribution in [0, 0.1) is 0 Å². The van der Waals surface area contributed by atoms with Gasteiger partial charge in [-0.1, -0.05) is 0 Å². The Labute approximate surface area is 132 Å². The van der Waals surface area contributed by atoms with E-state index in [-0.39, 0.29) is 17.3 Å². The molecule has 0 radical (unpaired) electrons. The summed E-state index contributed by atoms with van der Waals surface area (Å²) in [5.74, 6) is 1.39. The number of aromatic amines is 1. The summed E-state index contributed by atoms with van der Waals surface area (Å²) in [6.07, 6.45) is 0. The van der Waals surface area contributed by atoms with Gasteiger partial charge in [0.1, 0.15) is 11.4 Å². The van der Waals surface area contributed by atoms with E-state index in [4.69, 9.17) is 30.4 Å². The molecule has 0 saturated carbocycles. The van der Waals surface area contributed by atoms with Gasteiger partial charge in [0.2, 0.25) is 11.6 Å². The number of aromatic nitrogens is 1. The minimum Gasteiger partial charge on any atom is -0.493 e. The standard InChI is InChI=1S/C15H19N3O5/c1-20-8-5-7(6-9(21-2)13(8)22-3)10-11(16)14(19)18-15(23-4)12(10)17/h5-6H,16-17H2,1-4H3,(H,18,19). The van der Waals surface area contributed by atoms with Crippen LogP contribution < -0.4 is 36.0 Å². The van der Waals surface area contributed by atoms with E-state index >= 15 is 0 Å². The molecule has 1 heterocycles. The molecule has 1 aromatic carbocycles. The molecule has 0 bridgehead atoms. The zero-order valence-corrected chi connectivity index (χ0v) is 13.4. The first-order valence-corrected chi connectivity index (χ1v) is 6.64. The normalized spacial score (nSPS) is 10.3. The van der Waals surface area contributed by atoms with Crippen molar-refractivity contribution in [2.24, 2.45) is 0 Å². The molecule has 0 fully saturated rings. The molecule has 0 amide bonds. The van der Waals surface area contributed by atoms with Gasteiger partial charge in [-0.25, -0.2) is 0 Å². The lowest BCUT2D eigenvalue weighted by Crippen LogP contribution is -2.16. The maximum Gasteiger partial charge on any atom is 0.274 e. The summed E-state index contributed by atoms with van der Waals surface area (Å²) in [7, 11) is 5.88. The van der Waals surface area contributed by atoms with Gasteiger partial charge >= 0.3 is 0 Å². The van der Waals surface area contributed by atoms with Crippen LogP contribution in [0.25, 0.3) is 11.1 Å². The minimum atomic E-state index is -0.500. The summed E-state index contributed by atoms with van der Waals surface area (Å²) >= 11 is 0. The van der Waals surface area contributed by atoms with Crippen LogP contribution in [0.3, 0.4) is 0 Å². The molecular weight excluding hydrogens is 302 g/mol. The first-order chi connectivity index (χ1) is 11.0. The van der Waals surface area contributed by atoms with E-state index in [2.05, 4.69) is 4.98 Å². The van der Waals surface area contributed by atoms with Crippen molar-refractivity contribution in [3.8, 4) is 34.3 Å². The molecule has 124 valence electrons. The number of anilines is 2. The highest BCUT2D eigenvalue weighted by Gasteiger charge is 2.20. The summed E-state index contributed by atoms with van der Waals surface area (Å²) < 4.78 is 21.0.